The second-order valence-corrected chi connectivity index (χ2v) is 4.61. The van der Waals surface area contributed by atoms with Crippen molar-refractivity contribution in [3.63, 3.8) is 0 Å². The lowest BCUT2D eigenvalue weighted by Gasteiger charge is -2.36. The molecule has 1 rings (SSSR count). The molecule has 1 N–H and O–H groups in total. The van der Waals surface area contributed by atoms with Gasteiger partial charge in [-0.1, -0.05) is 26.7 Å². The van der Waals surface area contributed by atoms with Crippen molar-refractivity contribution in [2.75, 3.05) is 20.1 Å². The van der Waals surface area contributed by atoms with Crippen LogP contribution in [0.3, 0.4) is 0 Å². The highest BCUT2D eigenvalue weighted by Gasteiger charge is 2.27. The highest BCUT2D eigenvalue weighted by molar-refractivity contribution is 5.78. The number of carbonyl (C=O) groups is 1. The van der Waals surface area contributed by atoms with Gasteiger partial charge in [-0.25, -0.2) is 0 Å². The van der Waals surface area contributed by atoms with E-state index in [4.69, 9.17) is 0 Å². The first-order valence-electron chi connectivity index (χ1n) is 6.13. The van der Waals surface area contributed by atoms with Gasteiger partial charge in [-0.05, 0) is 25.3 Å². The van der Waals surface area contributed by atoms with Gasteiger partial charge in [-0.2, -0.15) is 0 Å². The number of hydrogen-bond acceptors (Lipinski definition) is 2. The molecule has 1 aliphatic rings. The van der Waals surface area contributed by atoms with Crippen LogP contribution in [-0.4, -0.2) is 37.0 Å². The molecule has 3 heteroatoms. The standard InChI is InChI=1S/C12H24N2O/c1-4-13-9-12(15)14(3)11-8-6-5-7-10(11)2/h10-11,13H,4-9H2,1-3H3. The molecule has 88 valence electrons. The number of hydrogen-bond donors (Lipinski definition) is 1. The molecule has 0 aromatic heterocycles. The van der Waals surface area contributed by atoms with E-state index in [0.717, 1.165) is 6.54 Å². The van der Waals surface area contributed by atoms with Crippen molar-refractivity contribution in [2.45, 2.75) is 45.6 Å². The van der Waals surface area contributed by atoms with Crippen LogP contribution in [0.5, 0.6) is 0 Å². The molecule has 0 radical (unpaired) electrons. The third-order valence-corrected chi connectivity index (χ3v) is 3.48. The summed E-state index contributed by atoms with van der Waals surface area (Å²) in [6, 6.07) is 0.463. The van der Waals surface area contributed by atoms with Crippen LogP contribution >= 0.6 is 0 Å². The maximum absolute atomic E-state index is 11.8. The van der Waals surface area contributed by atoms with E-state index >= 15 is 0 Å². The van der Waals surface area contributed by atoms with Crippen LogP contribution in [0.1, 0.15) is 39.5 Å². The summed E-state index contributed by atoms with van der Waals surface area (Å²) < 4.78 is 0. The van der Waals surface area contributed by atoms with Crippen molar-refractivity contribution in [2.24, 2.45) is 5.92 Å². The van der Waals surface area contributed by atoms with Gasteiger partial charge in [-0.15, -0.1) is 0 Å². The second kappa shape index (κ2) is 6.11. The van der Waals surface area contributed by atoms with E-state index in [1.165, 1.54) is 25.7 Å². The van der Waals surface area contributed by atoms with Gasteiger partial charge in [0.2, 0.25) is 5.91 Å². The molecule has 3 nitrogen and oxygen atoms in total. The Morgan fingerprint density at radius 3 is 2.67 bits per heavy atom. The van der Waals surface area contributed by atoms with Crippen molar-refractivity contribution < 1.29 is 4.79 Å². The Morgan fingerprint density at radius 2 is 2.07 bits per heavy atom. The fraction of sp³-hybridized carbons (Fsp3) is 0.917. The number of carbonyl (C=O) groups excluding carboxylic acids is 1. The van der Waals surface area contributed by atoms with E-state index in [1.807, 2.05) is 18.9 Å². The van der Waals surface area contributed by atoms with Crippen molar-refractivity contribution in [1.29, 1.82) is 0 Å². The van der Waals surface area contributed by atoms with Crippen LogP contribution in [0.25, 0.3) is 0 Å². The largest absolute Gasteiger partial charge is 0.341 e. The first kappa shape index (κ1) is 12.5. The van der Waals surface area contributed by atoms with E-state index < -0.39 is 0 Å². The van der Waals surface area contributed by atoms with Crippen LogP contribution in [0.15, 0.2) is 0 Å². The number of nitrogens with one attached hydrogen (secondary N) is 1. The molecule has 15 heavy (non-hydrogen) atoms. The lowest BCUT2D eigenvalue weighted by Crippen LogP contribution is -2.45. The predicted molar refractivity (Wildman–Crippen MR) is 62.7 cm³/mol. The minimum atomic E-state index is 0.232. The van der Waals surface area contributed by atoms with E-state index in [9.17, 15) is 4.79 Å². The molecule has 1 fully saturated rings. The molecule has 0 saturated heterocycles. The van der Waals surface area contributed by atoms with Crippen molar-refractivity contribution >= 4 is 5.91 Å². The monoisotopic (exact) mass is 212 g/mol. The SMILES string of the molecule is CCNCC(=O)N(C)C1CCCCC1C. The fourth-order valence-corrected chi connectivity index (χ4v) is 2.41. The first-order valence-corrected chi connectivity index (χ1v) is 6.13. The number of nitrogens with zero attached hydrogens (tertiary/aromatic N) is 1. The van der Waals surface area contributed by atoms with Crippen LogP contribution < -0.4 is 5.32 Å². The molecule has 0 heterocycles. The van der Waals surface area contributed by atoms with E-state index in [0.29, 0.717) is 18.5 Å². The Morgan fingerprint density at radius 1 is 1.40 bits per heavy atom. The third kappa shape index (κ3) is 3.49. The maximum atomic E-state index is 11.8. The van der Waals surface area contributed by atoms with Crippen LogP contribution in [0, 0.1) is 5.92 Å². The number of amides is 1. The van der Waals surface area contributed by atoms with E-state index in [-0.39, 0.29) is 5.91 Å². The predicted octanol–water partition coefficient (Wildman–Crippen LogP) is 1.63. The molecule has 0 aromatic rings. The molecule has 2 unspecified atom stereocenters. The lowest BCUT2D eigenvalue weighted by atomic mass is 9.85. The van der Waals surface area contributed by atoms with Crippen LogP contribution in [-0.2, 0) is 4.79 Å². The molecule has 1 amide bonds. The third-order valence-electron chi connectivity index (χ3n) is 3.48. The van der Waals surface area contributed by atoms with E-state index in [2.05, 4.69) is 12.2 Å². The summed E-state index contributed by atoms with van der Waals surface area (Å²) in [5.41, 5.74) is 0. The lowest BCUT2D eigenvalue weighted by molar-refractivity contribution is -0.132. The molecule has 1 aliphatic carbocycles. The normalized spacial score (nSPS) is 26.3. The summed E-state index contributed by atoms with van der Waals surface area (Å²) in [6.45, 7) is 5.63. The molecule has 0 aromatic carbocycles. The van der Waals surface area contributed by atoms with Crippen LogP contribution in [0.4, 0.5) is 0 Å². The van der Waals surface area contributed by atoms with Gasteiger partial charge in [0.1, 0.15) is 0 Å². The summed E-state index contributed by atoms with van der Waals surface area (Å²) in [7, 11) is 1.95. The minimum Gasteiger partial charge on any atom is -0.341 e. The summed E-state index contributed by atoms with van der Waals surface area (Å²) in [6.07, 6.45) is 5.04. The summed E-state index contributed by atoms with van der Waals surface area (Å²) >= 11 is 0. The zero-order valence-electron chi connectivity index (χ0n) is 10.3. The molecule has 0 bridgehead atoms. The molecule has 0 spiro atoms. The molecule has 1 saturated carbocycles. The summed E-state index contributed by atoms with van der Waals surface area (Å²) in [5, 5.41) is 3.09. The Hall–Kier alpha value is -0.570. The summed E-state index contributed by atoms with van der Waals surface area (Å²) in [5.74, 6) is 0.893. The molecule has 2 atom stereocenters. The average molecular weight is 212 g/mol. The smallest absolute Gasteiger partial charge is 0.236 e. The fourth-order valence-electron chi connectivity index (χ4n) is 2.41. The van der Waals surface area contributed by atoms with Gasteiger partial charge in [0.15, 0.2) is 0 Å². The Bertz CT molecular complexity index is 206. The second-order valence-electron chi connectivity index (χ2n) is 4.61. The number of rotatable bonds is 4. The minimum absolute atomic E-state index is 0.232. The highest BCUT2D eigenvalue weighted by atomic mass is 16.2. The highest BCUT2D eigenvalue weighted by Crippen LogP contribution is 2.27. The topological polar surface area (TPSA) is 32.3 Å². The van der Waals surface area contributed by atoms with Crippen molar-refractivity contribution in [1.82, 2.24) is 10.2 Å². The summed E-state index contributed by atoms with van der Waals surface area (Å²) in [4.78, 5) is 13.8. The van der Waals surface area contributed by atoms with Gasteiger partial charge >= 0.3 is 0 Å². The van der Waals surface area contributed by atoms with Gasteiger partial charge in [-0.3, -0.25) is 4.79 Å². The Balaban J connectivity index is 2.42. The molecular weight excluding hydrogens is 188 g/mol. The van der Waals surface area contributed by atoms with E-state index in [1.54, 1.807) is 0 Å². The van der Waals surface area contributed by atoms with Crippen molar-refractivity contribution in [3.05, 3.63) is 0 Å². The number of likely N-dealkylation sites (N-methyl/N-ethyl adjacent to an activating group) is 2. The zero-order valence-corrected chi connectivity index (χ0v) is 10.3. The molecule has 0 aliphatic heterocycles. The molecular formula is C12H24N2O. The quantitative estimate of drug-likeness (QED) is 0.768. The van der Waals surface area contributed by atoms with Crippen LogP contribution in [0.2, 0.25) is 0 Å². The Kier molecular flexibility index (Phi) is 5.09. The van der Waals surface area contributed by atoms with Gasteiger partial charge in [0.25, 0.3) is 0 Å². The average Bonchev–Trinajstić information content (AvgIpc) is 2.25. The first-order chi connectivity index (χ1) is 7.16. The van der Waals surface area contributed by atoms with Crippen molar-refractivity contribution in [3.8, 4) is 0 Å². The van der Waals surface area contributed by atoms with Gasteiger partial charge in [0.05, 0.1) is 6.54 Å². The Labute approximate surface area is 93.2 Å². The van der Waals surface area contributed by atoms with Gasteiger partial charge in [0, 0.05) is 13.1 Å². The van der Waals surface area contributed by atoms with Gasteiger partial charge < -0.3 is 10.2 Å². The maximum Gasteiger partial charge on any atom is 0.236 e. The zero-order chi connectivity index (χ0) is 11.3.